The standard InChI is InChI=1S/C19H25NO/c1-15(20-13-5-8-17-9-6-14-21-17)18-12-11-16-7-3-2-4-10-19(16)18/h2-4,7,10-12,15,17,20H,5-6,8-9,13-14H2,1H3. The van der Waals surface area contributed by atoms with E-state index in [1.807, 2.05) is 0 Å². The van der Waals surface area contributed by atoms with E-state index in [0.29, 0.717) is 12.1 Å². The van der Waals surface area contributed by atoms with E-state index in [2.05, 4.69) is 54.7 Å². The van der Waals surface area contributed by atoms with Gasteiger partial charge in [-0.1, -0.05) is 42.5 Å². The van der Waals surface area contributed by atoms with Gasteiger partial charge in [0, 0.05) is 12.6 Å². The van der Waals surface area contributed by atoms with E-state index < -0.39 is 0 Å². The van der Waals surface area contributed by atoms with Gasteiger partial charge in [-0.15, -0.1) is 0 Å². The fourth-order valence-corrected chi connectivity index (χ4v) is 3.25. The van der Waals surface area contributed by atoms with Crippen LogP contribution in [0.5, 0.6) is 0 Å². The lowest BCUT2D eigenvalue weighted by Gasteiger charge is -2.15. The van der Waals surface area contributed by atoms with Crippen LogP contribution < -0.4 is 5.32 Å². The molecule has 0 bridgehead atoms. The Kier molecular flexibility index (Phi) is 4.89. The lowest BCUT2D eigenvalue weighted by Crippen LogP contribution is -2.21. The zero-order chi connectivity index (χ0) is 14.5. The lowest BCUT2D eigenvalue weighted by molar-refractivity contribution is 0.102. The van der Waals surface area contributed by atoms with Crippen molar-refractivity contribution in [3.8, 4) is 11.1 Å². The molecule has 1 fully saturated rings. The highest BCUT2D eigenvalue weighted by Crippen LogP contribution is 2.31. The first-order chi connectivity index (χ1) is 10.3. The highest BCUT2D eigenvalue weighted by atomic mass is 16.5. The highest BCUT2D eigenvalue weighted by molar-refractivity contribution is 5.70. The molecule has 0 radical (unpaired) electrons. The minimum atomic E-state index is 0.398. The Labute approximate surface area is 127 Å². The summed E-state index contributed by atoms with van der Waals surface area (Å²) in [7, 11) is 0. The molecule has 0 aromatic heterocycles. The van der Waals surface area contributed by atoms with Crippen molar-refractivity contribution in [3.63, 3.8) is 0 Å². The van der Waals surface area contributed by atoms with Gasteiger partial charge >= 0.3 is 0 Å². The van der Waals surface area contributed by atoms with Crippen molar-refractivity contribution in [1.29, 1.82) is 0 Å². The molecule has 21 heavy (non-hydrogen) atoms. The largest absolute Gasteiger partial charge is 0.378 e. The fraction of sp³-hybridized carbons (Fsp3) is 0.474. The summed E-state index contributed by atoms with van der Waals surface area (Å²) < 4.78 is 5.67. The van der Waals surface area contributed by atoms with Crippen LogP contribution in [0.2, 0.25) is 0 Å². The molecule has 2 aliphatic carbocycles. The van der Waals surface area contributed by atoms with E-state index >= 15 is 0 Å². The average molecular weight is 283 g/mol. The topological polar surface area (TPSA) is 21.3 Å². The van der Waals surface area contributed by atoms with Gasteiger partial charge in [0.25, 0.3) is 0 Å². The van der Waals surface area contributed by atoms with Gasteiger partial charge in [-0.3, -0.25) is 0 Å². The Morgan fingerprint density at radius 2 is 2.10 bits per heavy atom. The summed E-state index contributed by atoms with van der Waals surface area (Å²) in [6, 6.07) is 15.6. The van der Waals surface area contributed by atoms with Crippen LogP contribution in [0.4, 0.5) is 0 Å². The molecule has 1 N–H and O–H groups in total. The van der Waals surface area contributed by atoms with Gasteiger partial charge in [-0.25, -0.2) is 0 Å². The van der Waals surface area contributed by atoms with Crippen LogP contribution in [0, 0.1) is 0 Å². The molecule has 2 nitrogen and oxygen atoms in total. The molecule has 2 atom stereocenters. The van der Waals surface area contributed by atoms with E-state index in [-0.39, 0.29) is 0 Å². The molecule has 2 heteroatoms. The first-order valence-electron chi connectivity index (χ1n) is 8.17. The molecule has 1 heterocycles. The Hall–Kier alpha value is -1.38. The van der Waals surface area contributed by atoms with Gasteiger partial charge in [0.2, 0.25) is 0 Å². The molecule has 0 spiro atoms. The number of hydrogen-bond donors (Lipinski definition) is 1. The predicted octanol–water partition coefficient (Wildman–Crippen LogP) is 4.40. The van der Waals surface area contributed by atoms with E-state index in [0.717, 1.165) is 13.2 Å². The molecule has 0 aromatic rings. The zero-order valence-corrected chi connectivity index (χ0v) is 12.8. The summed E-state index contributed by atoms with van der Waals surface area (Å²) in [6.07, 6.45) is 5.39. The van der Waals surface area contributed by atoms with Crippen LogP contribution in [0.3, 0.4) is 0 Å². The molecule has 112 valence electrons. The normalized spacial score (nSPS) is 20.0. The molecule has 2 unspecified atom stereocenters. The minimum Gasteiger partial charge on any atom is -0.378 e. The number of fused-ring (bicyclic) bond motifs is 1. The molecule has 0 aromatic carbocycles. The number of rotatable bonds is 6. The quantitative estimate of drug-likeness (QED) is 0.793. The Balaban J connectivity index is 1.51. The molecule has 3 aliphatic rings. The van der Waals surface area contributed by atoms with Crippen LogP contribution in [-0.2, 0) is 4.74 Å². The van der Waals surface area contributed by atoms with Crippen molar-refractivity contribution in [2.45, 2.75) is 44.8 Å². The van der Waals surface area contributed by atoms with E-state index in [1.54, 1.807) is 0 Å². The summed E-state index contributed by atoms with van der Waals surface area (Å²) in [5.41, 5.74) is 4.08. The number of ether oxygens (including phenoxy) is 1. The second-order valence-corrected chi connectivity index (χ2v) is 6.02. The van der Waals surface area contributed by atoms with Crippen molar-refractivity contribution in [3.05, 3.63) is 48.0 Å². The van der Waals surface area contributed by atoms with Crippen LogP contribution in [-0.4, -0.2) is 19.3 Å². The van der Waals surface area contributed by atoms with Gasteiger partial charge < -0.3 is 10.1 Å². The van der Waals surface area contributed by atoms with Crippen LogP contribution in [0.1, 0.15) is 44.2 Å². The third kappa shape index (κ3) is 3.63. The molecule has 0 amide bonds. The molecular formula is C19H25NO. The lowest BCUT2D eigenvalue weighted by atomic mass is 10.0. The van der Waals surface area contributed by atoms with Gasteiger partial charge in [-0.2, -0.15) is 0 Å². The Morgan fingerprint density at radius 3 is 2.95 bits per heavy atom. The highest BCUT2D eigenvalue weighted by Gasteiger charge is 2.16. The minimum absolute atomic E-state index is 0.398. The molecule has 1 aliphatic heterocycles. The summed E-state index contributed by atoms with van der Waals surface area (Å²) >= 11 is 0. The van der Waals surface area contributed by atoms with Gasteiger partial charge in [-0.05, 0) is 55.8 Å². The molecule has 0 saturated carbocycles. The van der Waals surface area contributed by atoms with Crippen LogP contribution in [0.25, 0.3) is 11.1 Å². The van der Waals surface area contributed by atoms with Crippen molar-refractivity contribution in [1.82, 2.24) is 5.32 Å². The van der Waals surface area contributed by atoms with Crippen molar-refractivity contribution in [2.24, 2.45) is 0 Å². The van der Waals surface area contributed by atoms with Crippen molar-refractivity contribution in [2.75, 3.05) is 13.2 Å². The van der Waals surface area contributed by atoms with Gasteiger partial charge in [0.1, 0.15) is 0 Å². The van der Waals surface area contributed by atoms with Gasteiger partial charge in [0.05, 0.1) is 6.10 Å². The second kappa shape index (κ2) is 7.06. The van der Waals surface area contributed by atoms with E-state index in [1.165, 1.54) is 42.4 Å². The van der Waals surface area contributed by atoms with Crippen molar-refractivity contribution >= 4 is 0 Å². The maximum Gasteiger partial charge on any atom is 0.0576 e. The van der Waals surface area contributed by atoms with E-state index in [9.17, 15) is 0 Å². The Morgan fingerprint density at radius 1 is 1.19 bits per heavy atom. The zero-order valence-electron chi connectivity index (χ0n) is 12.8. The second-order valence-electron chi connectivity index (χ2n) is 6.02. The van der Waals surface area contributed by atoms with E-state index in [4.69, 9.17) is 4.74 Å². The summed E-state index contributed by atoms with van der Waals surface area (Å²) in [5.74, 6) is 0. The van der Waals surface area contributed by atoms with Crippen LogP contribution >= 0.6 is 0 Å². The summed E-state index contributed by atoms with van der Waals surface area (Å²) in [4.78, 5) is 0. The monoisotopic (exact) mass is 283 g/mol. The first kappa shape index (κ1) is 14.6. The maximum absolute atomic E-state index is 5.67. The third-order valence-electron chi connectivity index (χ3n) is 4.47. The van der Waals surface area contributed by atoms with Crippen LogP contribution in [0.15, 0.2) is 42.5 Å². The maximum atomic E-state index is 5.67. The average Bonchev–Trinajstić information content (AvgIpc) is 3.09. The SMILES string of the molecule is CC(NCCCC1CCCO1)c1ccc2cccccc1-2. The molecule has 3 rings (SSSR count). The summed E-state index contributed by atoms with van der Waals surface area (Å²) in [6.45, 7) is 4.28. The molecular weight excluding hydrogens is 258 g/mol. The smallest absolute Gasteiger partial charge is 0.0576 e. The number of nitrogens with one attached hydrogen (secondary N) is 1. The first-order valence-corrected chi connectivity index (χ1v) is 8.17. The van der Waals surface area contributed by atoms with Crippen molar-refractivity contribution < 1.29 is 4.74 Å². The molecule has 1 saturated heterocycles. The number of hydrogen-bond acceptors (Lipinski definition) is 2. The fourth-order valence-electron chi connectivity index (χ4n) is 3.25. The summed E-state index contributed by atoms with van der Waals surface area (Å²) in [5, 5.41) is 3.66. The predicted molar refractivity (Wildman–Crippen MR) is 87.7 cm³/mol. The Bertz CT molecular complexity index is 533. The van der Waals surface area contributed by atoms with Gasteiger partial charge in [0.15, 0.2) is 0 Å². The third-order valence-corrected chi connectivity index (χ3v) is 4.47.